The molecule has 0 bridgehead atoms. The van der Waals surface area contributed by atoms with Gasteiger partial charge in [-0.2, -0.15) is 0 Å². The average molecular weight is 280 g/mol. The molecule has 6 heteroatoms. The summed E-state index contributed by atoms with van der Waals surface area (Å²) in [6.45, 7) is 5.55. The molecule has 0 fully saturated rings. The van der Waals surface area contributed by atoms with Gasteiger partial charge in [-0.05, 0) is 26.3 Å². The fraction of sp³-hybridized carbons (Fsp3) is 0.500. The molecule has 0 spiro atoms. The van der Waals surface area contributed by atoms with Gasteiger partial charge in [-0.3, -0.25) is 14.9 Å². The maximum Gasteiger partial charge on any atom is 0.269 e. The molecule has 0 radical (unpaired) electrons. The normalized spacial score (nSPS) is 12.2. The maximum atomic E-state index is 11.9. The van der Waals surface area contributed by atoms with Crippen molar-refractivity contribution in [3.05, 3.63) is 39.9 Å². The first-order valence-electron chi connectivity index (χ1n) is 6.44. The summed E-state index contributed by atoms with van der Waals surface area (Å²) in [6, 6.07) is 6.05. The molecule has 1 rings (SSSR count). The molecule has 0 aliphatic carbocycles. The van der Waals surface area contributed by atoms with Crippen molar-refractivity contribution in [2.45, 2.75) is 32.9 Å². The highest BCUT2D eigenvalue weighted by Crippen LogP contribution is 2.23. The van der Waals surface area contributed by atoms with Crippen LogP contribution in [0.3, 0.4) is 0 Å². The molecule has 0 saturated heterocycles. The van der Waals surface area contributed by atoms with Gasteiger partial charge in [0.15, 0.2) is 0 Å². The number of ether oxygens (including phenoxy) is 1. The summed E-state index contributed by atoms with van der Waals surface area (Å²) in [5.74, 6) is -0.155. The predicted molar refractivity (Wildman–Crippen MR) is 75.4 cm³/mol. The molecule has 0 N–H and O–H groups in total. The van der Waals surface area contributed by atoms with E-state index < -0.39 is 4.92 Å². The SMILES string of the molecule is CC(C)OCC(=O)N(C)C(C)c1cccc([N+](=O)[O-])c1. The van der Waals surface area contributed by atoms with E-state index in [1.54, 1.807) is 19.2 Å². The quantitative estimate of drug-likeness (QED) is 0.593. The van der Waals surface area contributed by atoms with Crippen molar-refractivity contribution in [1.29, 1.82) is 0 Å². The van der Waals surface area contributed by atoms with Crippen molar-refractivity contribution in [2.24, 2.45) is 0 Å². The Morgan fingerprint density at radius 3 is 2.60 bits per heavy atom. The number of likely N-dealkylation sites (N-methyl/N-ethyl adjacent to an activating group) is 1. The minimum absolute atomic E-state index is 0.00737. The molecular weight excluding hydrogens is 260 g/mol. The Kier molecular flexibility index (Phi) is 5.64. The van der Waals surface area contributed by atoms with Crippen molar-refractivity contribution in [3.63, 3.8) is 0 Å². The first-order valence-corrected chi connectivity index (χ1v) is 6.44. The minimum atomic E-state index is -0.445. The van der Waals surface area contributed by atoms with Gasteiger partial charge in [0.1, 0.15) is 6.61 Å². The highest BCUT2D eigenvalue weighted by Gasteiger charge is 2.19. The number of hydrogen-bond acceptors (Lipinski definition) is 4. The van der Waals surface area contributed by atoms with Crippen LogP contribution >= 0.6 is 0 Å². The Bertz CT molecular complexity index is 488. The van der Waals surface area contributed by atoms with Gasteiger partial charge in [-0.1, -0.05) is 12.1 Å². The lowest BCUT2D eigenvalue weighted by Crippen LogP contribution is -2.33. The van der Waals surface area contributed by atoms with Crippen LogP contribution in [-0.4, -0.2) is 35.5 Å². The van der Waals surface area contributed by atoms with Crippen molar-refractivity contribution < 1.29 is 14.5 Å². The lowest BCUT2D eigenvalue weighted by Gasteiger charge is -2.25. The van der Waals surface area contributed by atoms with Gasteiger partial charge in [0.05, 0.1) is 17.1 Å². The van der Waals surface area contributed by atoms with Gasteiger partial charge in [0.25, 0.3) is 5.69 Å². The van der Waals surface area contributed by atoms with Crippen molar-refractivity contribution in [3.8, 4) is 0 Å². The predicted octanol–water partition coefficient (Wildman–Crippen LogP) is 2.54. The van der Waals surface area contributed by atoms with E-state index >= 15 is 0 Å². The topological polar surface area (TPSA) is 72.7 Å². The van der Waals surface area contributed by atoms with Crippen LogP contribution in [0.25, 0.3) is 0 Å². The number of carbonyl (C=O) groups is 1. The van der Waals surface area contributed by atoms with Gasteiger partial charge in [-0.15, -0.1) is 0 Å². The molecule has 0 aliphatic rings. The van der Waals surface area contributed by atoms with Gasteiger partial charge in [-0.25, -0.2) is 0 Å². The van der Waals surface area contributed by atoms with E-state index in [1.807, 2.05) is 20.8 Å². The first-order chi connectivity index (χ1) is 9.32. The monoisotopic (exact) mass is 280 g/mol. The highest BCUT2D eigenvalue weighted by molar-refractivity contribution is 5.77. The third-order valence-corrected chi connectivity index (χ3v) is 3.08. The summed E-state index contributed by atoms with van der Waals surface area (Å²) in [6.07, 6.45) is -0.0135. The van der Waals surface area contributed by atoms with Crippen molar-refractivity contribution in [1.82, 2.24) is 4.90 Å². The van der Waals surface area contributed by atoms with Gasteiger partial charge < -0.3 is 9.64 Å². The maximum absolute atomic E-state index is 11.9. The van der Waals surface area contributed by atoms with Crippen LogP contribution < -0.4 is 0 Å². The molecule has 1 atom stereocenters. The second kappa shape index (κ2) is 7.00. The Labute approximate surface area is 118 Å². The number of benzene rings is 1. The second-order valence-electron chi connectivity index (χ2n) is 4.89. The molecule has 0 saturated carbocycles. The van der Waals surface area contributed by atoms with E-state index in [0.717, 1.165) is 5.56 Å². The van der Waals surface area contributed by atoms with Crippen LogP contribution in [0.5, 0.6) is 0 Å². The van der Waals surface area contributed by atoms with Crippen molar-refractivity contribution >= 4 is 11.6 Å². The minimum Gasteiger partial charge on any atom is -0.369 e. The lowest BCUT2D eigenvalue weighted by molar-refractivity contribution is -0.384. The van der Waals surface area contributed by atoms with E-state index in [-0.39, 0.29) is 30.3 Å². The van der Waals surface area contributed by atoms with Crippen LogP contribution in [0, 0.1) is 10.1 Å². The van der Waals surface area contributed by atoms with E-state index in [0.29, 0.717) is 0 Å². The molecule has 1 aromatic rings. The average Bonchev–Trinajstić information content (AvgIpc) is 2.43. The number of nitrogens with zero attached hydrogens (tertiary/aromatic N) is 2. The molecule has 0 aromatic heterocycles. The zero-order chi connectivity index (χ0) is 15.3. The Morgan fingerprint density at radius 1 is 1.40 bits per heavy atom. The van der Waals surface area contributed by atoms with Crippen LogP contribution in [0.1, 0.15) is 32.4 Å². The molecule has 0 heterocycles. The number of nitro benzene ring substituents is 1. The zero-order valence-electron chi connectivity index (χ0n) is 12.2. The van der Waals surface area contributed by atoms with E-state index in [4.69, 9.17) is 4.74 Å². The lowest BCUT2D eigenvalue weighted by atomic mass is 10.1. The fourth-order valence-electron chi connectivity index (χ4n) is 1.68. The van der Waals surface area contributed by atoms with Crippen LogP contribution in [0.15, 0.2) is 24.3 Å². The molecule has 110 valence electrons. The summed E-state index contributed by atoms with van der Waals surface area (Å²) in [7, 11) is 1.66. The van der Waals surface area contributed by atoms with E-state index in [1.165, 1.54) is 17.0 Å². The Balaban J connectivity index is 2.78. The summed E-state index contributed by atoms with van der Waals surface area (Å²) >= 11 is 0. The summed E-state index contributed by atoms with van der Waals surface area (Å²) in [5, 5.41) is 10.8. The summed E-state index contributed by atoms with van der Waals surface area (Å²) in [4.78, 5) is 23.8. The van der Waals surface area contributed by atoms with E-state index in [2.05, 4.69) is 0 Å². The van der Waals surface area contributed by atoms with Crippen LogP contribution in [0.2, 0.25) is 0 Å². The Hall–Kier alpha value is -1.95. The highest BCUT2D eigenvalue weighted by atomic mass is 16.6. The van der Waals surface area contributed by atoms with Crippen LogP contribution in [0.4, 0.5) is 5.69 Å². The number of carbonyl (C=O) groups excluding carboxylic acids is 1. The third kappa shape index (κ3) is 4.31. The molecule has 1 aromatic carbocycles. The first kappa shape index (κ1) is 16.1. The molecule has 20 heavy (non-hydrogen) atoms. The molecular formula is C14H20N2O4. The molecule has 6 nitrogen and oxygen atoms in total. The Morgan fingerprint density at radius 2 is 2.05 bits per heavy atom. The summed E-state index contributed by atoms with van der Waals surface area (Å²) < 4.78 is 5.27. The second-order valence-corrected chi connectivity index (χ2v) is 4.89. The number of nitro groups is 1. The zero-order valence-corrected chi connectivity index (χ0v) is 12.2. The number of rotatable bonds is 6. The number of non-ortho nitro benzene ring substituents is 1. The van der Waals surface area contributed by atoms with Gasteiger partial charge >= 0.3 is 0 Å². The van der Waals surface area contributed by atoms with E-state index in [9.17, 15) is 14.9 Å². The third-order valence-electron chi connectivity index (χ3n) is 3.08. The largest absolute Gasteiger partial charge is 0.369 e. The van der Waals surface area contributed by atoms with Gasteiger partial charge in [0.2, 0.25) is 5.91 Å². The van der Waals surface area contributed by atoms with Crippen molar-refractivity contribution in [2.75, 3.05) is 13.7 Å². The summed E-state index contributed by atoms with van der Waals surface area (Å²) in [5.41, 5.74) is 0.744. The molecule has 1 unspecified atom stereocenters. The standard InChI is InChI=1S/C14H20N2O4/c1-10(2)20-9-14(17)15(4)11(3)12-6-5-7-13(8-12)16(18)19/h5-8,10-11H,9H2,1-4H3. The molecule has 1 amide bonds. The fourth-order valence-corrected chi connectivity index (χ4v) is 1.68. The van der Waals surface area contributed by atoms with Gasteiger partial charge in [0, 0.05) is 19.2 Å². The molecule has 0 aliphatic heterocycles. The smallest absolute Gasteiger partial charge is 0.269 e. The van der Waals surface area contributed by atoms with Crippen LogP contribution in [-0.2, 0) is 9.53 Å². The number of amides is 1. The number of hydrogen-bond donors (Lipinski definition) is 0.